The van der Waals surface area contributed by atoms with Crippen LogP contribution in [0.15, 0.2) is 42.7 Å². The summed E-state index contributed by atoms with van der Waals surface area (Å²) in [6.07, 6.45) is 7.19. The van der Waals surface area contributed by atoms with Crippen molar-refractivity contribution < 1.29 is 14.3 Å². The molecule has 0 aliphatic carbocycles. The minimum absolute atomic E-state index is 0.309. The van der Waals surface area contributed by atoms with Gasteiger partial charge in [0, 0.05) is 37.8 Å². The van der Waals surface area contributed by atoms with Gasteiger partial charge in [0.1, 0.15) is 17.4 Å². The quantitative estimate of drug-likeness (QED) is 0.655. The summed E-state index contributed by atoms with van der Waals surface area (Å²) in [6.45, 7) is 5.06. The standard InChI is InChI=1S/C25H31N5O3/c31-21(18-29-10-13-32-14-11-29)15-19-3-2-8-26-24-6-9-30-25(28-24)23(17-27-30)20-4-1-5-22(16-20)33-12-7-19/h1,4-6,9,16-17,19H,2-3,7-8,10-15,18H2,(H,26,28). The van der Waals surface area contributed by atoms with Crippen molar-refractivity contribution >= 4 is 17.2 Å². The summed E-state index contributed by atoms with van der Waals surface area (Å²) < 4.78 is 13.3. The van der Waals surface area contributed by atoms with E-state index in [9.17, 15) is 4.79 Å². The van der Waals surface area contributed by atoms with E-state index in [2.05, 4.69) is 21.4 Å². The molecule has 2 aliphatic rings. The van der Waals surface area contributed by atoms with E-state index in [0.29, 0.717) is 31.3 Å². The van der Waals surface area contributed by atoms with Crippen molar-refractivity contribution in [1.82, 2.24) is 19.5 Å². The molecular weight excluding hydrogens is 418 g/mol. The van der Waals surface area contributed by atoms with Crippen molar-refractivity contribution in [3.05, 3.63) is 42.7 Å². The SMILES string of the molecule is O=C(CC1CCCNc2ccn3ncc(c3n2)-c2cccc(c2)OCC1)CN1CCOCC1. The van der Waals surface area contributed by atoms with Crippen LogP contribution < -0.4 is 10.1 Å². The average Bonchev–Trinajstić information content (AvgIpc) is 3.25. The molecule has 2 aromatic heterocycles. The summed E-state index contributed by atoms with van der Waals surface area (Å²) >= 11 is 0. The molecule has 1 aromatic carbocycles. The molecule has 4 heterocycles. The number of nitrogens with one attached hydrogen (secondary N) is 1. The maximum atomic E-state index is 12.8. The first-order valence-electron chi connectivity index (χ1n) is 11.9. The lowest BCUT2D eigenvalue weighted by Crippen LogP contribution is -2.39. The Hall–Kier alpha value is -2.97. The van der Waals surface area contributed by atoms with Gasteiger partial charge >= 0.3 is 0 Å². The van der Waals surface area contributed by atoms with Crippen LogP contribution in [0, 0.1) is 5.92 Å². The smallest absolute Gasteiger partial charge is 0.165 e. The third kappa shape index (κ3) is 5.51. The molecule has 1 unspecified atom stereocenters. The first kappa shape index (κ1) is 21.9. The predicted octanol–water partition coefficient (Wildman–Crippen LogP) is 3.28. The number of ether oxygens (including phenoxy) is 2. The summed E-state index contributed by atoms with van der Waals surface area (Å²) in [6, 6.07) is 10.0. The number of hydrogen-bond acceptors (Lipinski definition) is 7. The van der Waals surface area contributed by atoms with Crippen molar-refractivity contribution in [3.8, 4) is 16.9 Å². The molecule has 0 spiro atoms. The highest BCUT2D eigenvalue weighted by molar-refractivity contribution is 5.80. The van der Waals surface area contributed by atoms with E-state index in [4.69, 9.17) is 14.5 Å². The molecule has 0 amide bonds. The molecule has 8 nitrogen and oxygen atoms in total. The van der Waals surface area contributed by atoms with E-state index in [0.717, 1.165) is 80.5 Å². The van der Waals surface area contributed by atoms with Crippen LogP contribution in [0.5, 0.6) is 5.75 Å². The van der Waals surface area contributed by atoms with Crippen molar-refractivity contribution in [2.75, 3.05) is 51.3 Å². The number of ketones is 1. The highest BCUT2D eigenvalue weighted by atomic mass is 16.5. The Morgan fingerprint density at radius 2 is 2.06 bits per heavy atom. The lowest BCUT2D eigenvalue weighted by atomic mass is 9.93. The van der Waals surface area contributed by atoms with E-state index in [1.807, 2.05) is 36.7 Å². The number of hydrogen-bond donors (Lipinski definition) is 1. The number of fused-ring (bicyclic) bond motifs is 4. The largest absolute Gasteiger partial charge is 0.494 e. The highest BCUT2D eigenvalue weighted by Crippen LogP contribution is 2.28. The molecule has 1 fully saturated rings. The summed E-state index contributed by atoms with van der Waals surface area (Å²) in [5.74, 6) is 2.29. The number of benzene rings is 1. The maximum absolute atomic E-state index is 12.8. The number of nitrogens with zero attached hydrogens (tertiary/aromatic N) is 4. The van der Waals surface area contributed by atoms with Crippen LogP contribution in [0.2, 0.25) is 0 Å². The Bertz CT molecular complexity index is 1090. The Morgan fingerprint density at radius 3 is 2.97 bits per heavy atom. The van der Waals surface area contributed by atoms with Crippen LogP contribution in [-0.4, -0.2) is 71.3 Å². The summed E-state index contributed by atoms with van der Waals surface area (Å²) in [5.41, 5.74) is 2.82. The van der Waals surface area contributed by atoms with Crippen LogP contribution in [0.4, 0.5) is 5.82 Å². The van der Waals surface area contributed by atoms with Gasteiger partial charge in [0.15, 0.2) is 5.65 Å². The fraction of sp³-hybridized carbons (Fsp3) is 0.480. The number of carbonyl (C=O) groups is 1. The number of Topliss-reactive ketones (excluding diaryl/α,β-unsaturated/α-hetero) is 1. The molecule has 4 bridgehead atoms. The molecule has 2 aliphatic heterocycles. The van der Waals surface area contributed by atoms with E-state index < -0.39 is 0 Å². The van der Waals surface area contributed by atoms with E-state index in [1.165, 1.54) is 0 Å². The number of carbonyl (C=O) groups excluding carboxylic acids is 1. The van der Waals surface area contributed by atoms with Gasteiger partial charge in [-0.1, -0.05) is 12.1 Å². The highest BCUT2D eigenvalue weighted by Gasteiger charge is 2.19. The molecule has 33 heavy (non-hydrogen) atoms. The van der Waals surface area contributed by atoms with Crippen molar-refractivity contribution in [2.45, 2.75) is 25.7 Å². The number of morpholine rings is 1. The third-order valence-corrected chi connectivity index (χ3v) is 6.42. The fourth-order valence-electron chi connectivity index (χ4n) is 4.62. The second kappa shape index (κ2) is 10.3. The van der Waals surface area contributed by atoms with Gasteiger partial charge in [-0.25, -0.2) is 9.50 Å². The first-order valence-corrected chi connectivity index (χ1v) is 11.9. The summed E-state index contributed by atoms with van der Waals surface area (Å²) in [7, 11) is 0. The zero-order chi connectivity index (χ0) is 22.5. The molecule has 174 valence electrons. The molecule has 5 rings (SSSR count). The van der Waals surface area contributed by atoms with Crippen molar-refractivity contribution in [1.29, 1.82) is 0 Å². The van der Waals surface area contributed by atoms with E-state index in [1.54, 1.807) is 4.52 Å². The average molecular weight is 450 g/mol. The molecule has 0 radical (unpaired) electrons. The number of aromatic nitrogens is 3. The third-order valence-electron chi connectivity index (χ3n) is 6.42. The fourth-order valence-corrected chi connectivity index (χ4v) is 4.62. The predicted molar refractivity (Wildman–Crippen MR) is 127 cm³/mol. The van der Waals surface area contributed by atoms with Crippen LogP contribution in [0.3, 0.4) is 0 Å². The topological polar surface area (TPSA) is 81.0 Å². The summed E-state index contributed by atoms with van der Waals surface area (Å²) in [5, 5.41) is 7.89. The van der Waals surface area contributed by atoms with Gasteiger partial charge in [0.2, 0.25) is 0 Å². The molecule has 1 N–H and O–H groups in total. The van der Waals surface area contributed by atoms with Gasteiger partial charge < -0.3 is 14.8 Å². The zero-order valence-electron chi connectivity index (χ0n) is 18.9. The Morgan fingerprint density at radius 1 is 1.15 bits per heavy atom. The normalized spacial score (nSPS) is 19.9. The maximum Gasteiger partial charge on any atom is 0.165 e. The van der Waals surface area contributed by atoms with E-state index >= 15 is 0 Å². The second-order valence-electron chi connectivity index (χ2n) is 8.87. The van der Waals surface area contributed by atoms with Gasteiger partial charge in [-0.05, 0) is 48.9 Å². The molecule has 3 aromatic rings. The molecule has 8 heteroatoms. The van der Waals surface area contributed by atoms with Crippen molar-refractivity contribution in [3.63, 3.8) is 0 Å². The monoisotopic (exact) mass is 449 g/mol. The first-order chi connectivity index (χ1) is 16.2. The van der Waals surface area contributed by atoms with Gasteiger partial charge in [-0.2, -0.15) is 5.10 Å². The minimum Gasteiger partial charge on any atom is -0.494 e. The molecule has 0 saturated carbocycles. The lowest BCUT2D eigenvalue weighted by molar-refractivity contribution is -0.122. The lowest BCUT2D eigenvalue weighted by Gasteiger charge is -2.26. The van der Waals surface area contributed by atoms with Crippen LogP contribution in [0.1, 0.15) is 25.7 Å². The van der Waals surface area contributed by atoms with Crippen LogP contribution in [-0.2, 0) is 9.53 Å². The minimum atomic E-state index is 0.309. The van der Waals surface area contributed by atoms with Gasteiger partial charge in [0.05, 0.1) is 32.6 Å². The van der Waals surface area contributed by atoms with Crippen LogP contribution in [0.25, 0.3) is 16.8 Å². The van der Waals surface area contributed by atoms with E-state index in [-0.39, 0.29) is 0 Å². The number of rotatable bonds is 4. The van der Waals surface area contributed by atoms with Gasteiger partial charge in [-0.15, -0.1) is 0 Å². The Balaban J connectivity index is 1.30. The summed E-state index contributed by atoms with van der Waals surface area (Å²) in [4.78, 5) is 19.8. The molecule has 1 atom stereocenters. The zero-order valence-corrected chi connectivity index (χ0v) is 18.9. The molecule has 1 saturated heterocycles. The van der Waals surface area contributed by atoms with Crippen LogP contribution >= 0.6 is 0 Å². The second-order valence-corrected chi connectivity index (χ2v) is 8.87. The van der Waals surface area contributed by atoms with Gasteiger partial charge in [-0.3, -0.25) is 9.69 Å². The number of anilines is 1. The van der Waals surface area contributed by atoms with Gasteiger partial charge in [0.25, 0.3) is 0 Å². The Labute approximate surface area is 193 Å². The van der Waals surface area contributed by atoms with Crippen molar-refractivity contribution in [2.24, 2.45) is 5.92 Å². The molecular formula is C25H31N5O3. The Kier molecular flexibility index (Phi) is 6.83.